The molecule has 0 N–H and O–H groups in total. The molecule has 2 aromatic rings. The lowest BCUT2D eigenvalue weighted by Gasteiger charge is -2.36. The molecule has 3 rings (SSSR count). The molecular weight excluding hydrogens is 223 g/mol. The molecule has 1 atom stereocenters. The minimum absolute atomic E-state index is 0.0303. The Hall–Kier alpha value is -1.63. The fraction of sp³-hybridized carbons (Fsp3) is 0.294. The maximum Gasteiger partial charge on any atom is 0.123 e. The summed E-state index contributed by atoms with van der Waals surface area (Å²) in [5, 5.41) is 0. The number of hydrogen-bond acceptors (Lipinski definition) is 0. The minimum atomic E-state index is -0.119. The first kappa shape index (κ1) is 11.5. The number of fused-ring (bicyclic) bond motifs is 1. The van der Waals surface area contributed by atoms with E-state index in [2.05, 4.69) is 31.2 Å². The third-order valence-electron chi connectivity index (χ3n) is 4.20. The van der Waals surface area contributed by atoms with Crippen molar-refractivity contribution in [2.24, 2.45) is 0 Å². The molecule has 0 aromatic heterocycles. The van der Waals surface area contributed by atoms with Gasteiger partial charge < -0.3 is 0 Å². The number of halogens is 1. The Balaban J connectivity index is 2.16. The third-order valence-corrected chi connectivity index (χ3v) is 4.20. The van der Waals surface area contributed by atoms with Crippen molar-refractivity contribution in [3.8, 4) is 0 Å². The van der Waals surface area contributed by atoms with Crippen LogP contribution in [0.15, 0.2) is 48.5 Å². The molecule has 0 amide bonds. The van der Waals surface area contributed by atoms with Crippen LogP contribution in [0.5, 0.6) is 0 Å². The van der Waals surface area contributed by atoms with E-state index in [-0.39, 0.29) is 11.2 Å². The monoisotopic (exact) mass is 240 g/mol. The van der Waals surface area contributed by atoms with Crippen LogP contribution in [0.2, 0.25) is 0 Å². The second kappa shape index (κ2) is 4.24. The van der Waals surface area contributed by atoms with Crippen LogP contribution in [0.4, 0.5) is 4.39 Å². The number of aryl methyl sites for hydroxylation is 1. The van der Waals surface area contributed by atoms with Crippen LogP contribution in [0, 0.1) is 5.82 Å². The molecule has 0 fully saturated rings. The SMILES string of the molecule is C[C@@]1(c2ccccc2)CCCc2cc(F)ccc21. The van der Waals surface area contributed by atoms with Gasteiger partial charge in [-0.05, 0) is 48.1 Å². The van der Waals surface area contributed by atoms with Gasteiger partial charge in [0.25, 0.3) is 0 Å². The zero-order valence-electron chi connectivity index (χ0n) is 10.6. The van der Waals surface area contributed by atoms with Crippen LogP contribution >= 0.6 is 0 Å². The molecular formula is C17H17F. The largest absolute Gasteiger partial charge is 0.207 e. The summed E-state index contributed by atoms with van der Waals surface area (Å²) in [4.78, 5) is 0. The van der Waals surface area contributed by atoms with Gasteiger partial charge in [0.15, 0.2) is 0 Å². The van der Waals surface area contributed by atoms with Crippen LogP contribution in [-0.4, -0.2) is 0 Å². The van der Waals surface area contributed by atoms with Gasteiger partial charge in [-0.1, -0.05) is 43.3 Å². The number of rotatable bonds is 1. The summed E-state index contributed by atoms with van der Waals surface area (Å²) in [6.07, 6.45) is 3.26. The van der Waals surface area contributed by atoms with Gasteiger partial charge in [-0.25, -0.2) is 4.39 Å². The molecule has 1 aliphatic carbocycles. The molecule has 2 aromatic carbocycles. The molecule has 0 saturated heterocycles. The zero-order chi connectivity index (χ0) is 12.6. The van der Waals surface area contributed by atoms with Crippen molar-refractivity contribution in [3.63, 3.8) is 0 Å². The zero-order valence-corrected chi connectivity index (χ0v) is 10.6. The van der Waals surface area contributed by atoms with Gasteiger partial charge in [-0.3, -0.25) is 0 Å². The first-order valence-electron chi connectivity index (χ1n) is 6.54. The maximum atomic E-state index is 13.3. The lowest BCUT2D eigenvalue weighted by molar-refractivity contribution is 0.462. The van der Waals surface area contributed by atoms with E-state index in [4.69, 9.17) is 0 Å². The van der Waals surface area contributed by atoms with Gasteiger partial charge in [-0.2, -0.15) is 0 Å². The maximum absolute atomic E-state index is 13.3. The van der Waals surface area contributed by atoms with Crippen molar-refractivity contribution in [2.45, 2.75) is 31.6 Å². The first-order valence-corrected chi connectivity index (χ1v) is 6.54. The lowest BCUT2D eigenvalue weighted by atomic mass is 9.67. The second-order valence-electron chi connectivity index (χ2n) is 5.35. The van der Waals surface area contributed by atoms with Crippen molar-refractivity contribution in [1.29, 1.82) is 0 Å². The smallest absolute Gasteiger partial charge is 0.123 e. The molecule has 18 heavy (non-hydrogen) atoms. The molecule has 0 saturated carbocycles. The number of hydrogen-bond donors (Lipinski definition) is 0. The predicted molar refractivity (Wildman–Crippen MR) is 72.2 cm³/mol. The normalized spacial score (nSPS) is 22.6. The van der Waals surface area contributed by atoms with E-state index >= 15 is 0 Å². The van der Waals surface area contributed by atoms with Gasteiger partial charge >= 0.3 is 0 Å². The fourth-order valence-electron chi connectivity index (χ4n) is 3.18. The van der Waals surface area contributed by atoms with Crippen LogP contribution < -0.4 is 0 Å². The van der Waals surface area contributed by atoms with Crippen molar-refractivity contribution in [3.05, 3.63) is 71.0 Å². The van der Waals surface area contributed by atoms with E-state index < -0.39 is 0 Å². The Kier molecular flexibility index (Phi) is 2.70. The highest BCUT2D eigenvalue weighted by Crippen LogP contribution is 2.42. The first-order chi connectivity index (χ1) is 8.70. The Labute approximate surface area is 107 Å². The van der Waals surface area contributed by atoms with Crippen molar-refractivity contribution >= 4 is 0 Å². The molecule has 92 valence electrons. The predicted octanol–water partition coefficient (Wildman–Crippen LogP) is 4.47. The van der Waals surface area contributed by atoms with Gasteiger partial charge in [0.1, 0.15) is 5.82 Å². The Morgan fingerprint density at radius 1 is 1.06 bits per heavy atom. The molecule has 0 aliphatic heterocycles. The van der Waals surface area contributed by atoms with Gasteiger partial charge in [0.2, 0.25) is 0 Å². The quantitative estimate of drug-likeness (QED) is 0.690. The lowest BCUT2D eigenvalue weighted by Crippen LogP contribution is -2.28. The Morgan fingerprint density at radius 3 is 2.61 bits per heavy atom. The number of benzene rings is 2. The van der Waals surface area contributed by atoms with Crippen molar-refractivity contribution in [1.82, 2.24) is 0 Å². The van der Waals surface area contributed by atoms with Crippen LogP contribution in [-0.2, 0) is 11.8 Å². The average molecular weight is 240 g/mol. The van der Waals surface area contributed by atoms with Gasteiger partial charge in [0, 0.05) is 5.41 Å². The van der Waals surface area contributed by atoms with E-state index in [0.29, 0.717) is 0 Å². The highest BCUT2D eigenvalue weighted by molar-refractivity contribution is 5.44. The molecule has 0 heterocycles. The summed E-state index contributed by atoms with van der Waals surface area (Å²) in [7, 11) is 0. The third kappa shape index (κ3) is 1.74. The molecule has 1 aliphatic rings. The molecule has 0 spiro atoms. The van der Waals surface area contributed by atoms with Crippen molar-refractivity contribution in [2.75, 3.05) is 0 Å². The summed E-state index contributed by atoms with van der Waals surface area (Å²) >= 11 is 0. The van der Waals surface area contributed by atoms with E-state index in [1.807, 2.05) is 12.1 Å². The van der Waals surface area contributed by atoms with Gasteiger partial charge in [0.05, 0.1) is 0 Å². The van der Waals surface area contributed by atoms with E-state index in [1.165, 1.54) is 16.7 Å². The van der Waals surface area contributed by atoms with Gasteiger partial charge in [-0.15, -0.1) is 0 Å². The minimum Gasteiger partial charge on any atom is -0.207 e. The Bertz CT molecular complexity index is 559. The summed E-state index contributed by atoms with van der Waals surface area (Å²) in [6, 6.07) is 15.8. The molecule has 0 unspecified atom stereocenters. The highest BCUT2D eigenvalue weighted by Gasteiger charge is 2.33. The molecule has 1 heteroatoms. The average Bonchev–Trinajstić information content (AvgIpc) is 2.40. The van der Waals surface area contributed by atoms with E-state index in [1.54, 1.807) is 12.1 Å². The van der Waals surface area contributed by atoms with Crippen LogP contribution in [0.25, 0.3) is 0 Å². The van der Waals surface area contributed by atoms with Crippen LogP contribution in [0.1, 0.15) is 36.5 Å². The summed E-state index contributed by atoms with van der Waals surface area (Å²) in [5.74, 6) is -0.119. The fourth-order valence-corrected chi connectivity index (χ4v) is 3.18. The summed E-state index contributed by atoms with van der Waals surface area (Å²) in [5.41, 5.74) is 3.83. The van der Waals surface area contributed by atoms with Crippen molar-refractivity contribution < 1.29 is 4.39 Å². The molecule has 0 nitrogen and oxygen atoms in total. The van der Waals surface area contributed by atoms with E-state index in [9.17, 15) is 4.39 Å². The standard InChI is InChI=1S/C17H17F/c1-17(14-7-3-2-4-8-14)11-5-6-13-12-15(18)9-10-16(13)17/h2-4,7-10,12H,5-6,11H2,1H3/t17-/m0/s1. The topological polar surface area (TPSA) is 0 Å². The summed E-state index contributed by atoms with van der Waals surface area (Å²) in [6.45, 7) is 2.28. The second-order valence-corrected chi connectivity index (χ2v) is 5.35. The van der Waals surface area contributed by atoms with E-state index in [0.717, 1.165) is 19.3 Å². The molecule has 0 radical (unpaired) electrons. The highest BCUT2D eigenvalue weighted by atomic mass is 19.1. The Morgan fingerprint density at radius 2 is 1.83 bits per heavy atom. The van der Waals surface area contributed by atoms with Crippen LogP contribution in [0.3, 0.4) is 0 Å². The summed E-state index contributed by atoms with van der Waals surface area (Å²) < 4.78 is 13.3. The molecule has 0 bridgehead atoms.